The minimum Gasteiger partial charge on any atom is -0.478 e. The van der Waals surface area contributed by atoms with Gasteiger partial charge in [0.1, 0.15) is 5.82 Å². The van der Waals surface area contributed by atoms with Crippen LogP contribution in [0.15, 0.2) is 12.3 Å². The summed E-state index contributed by atoms with van der Waals surface area (Å²) in [5, 5.41) is 12.2. The Kier molecular flexibility index (Phi) is 4.21. The number of likely N-dealkylation sites (N-methyl/N-ethyl adjacent to an activating group) is 1. The first-order valence-corrected chi connectivity index (χ1v) is 6.51. The molecule has 0 aromatic carbocycles. The number of anilines is 2. The van der Waals surface area contributed by atoms with Gasteiger partial charge in [0, 0.05) is 18.8 Å². The molecule has 2 rings (SSSR count). The van der Waals surface area contributed by atoms with Crippen LogP contribution in [0.3, 0.4) is 0 Å². The number of likely N-dealkylation sites (tertiary alicyclic amines) is 1. The molecule has 1 aliphatic rings. The van der Waals surface area contributed by atoms with Gasteiger partial charge >= 0.3 is 5.97 Å². The van der Waals surface area contributed by atoms with Gasteiger partial charge in [-0.05, 0) is 32.5 Å². The zero-order valence-corrected chi connectivity index (χ0v) is 11.1. The zero-order valence-electron chi connectivity index (χ0n) is 11.1. The number of carboxylic acids is 1. The lowest BCUT2D eigenvalue weighted by molar-refractivity contribution is 0.0698. The molecule has 0 spiro atoms. The van der Waals surface area contributed by atoms with Crippen LogP contribution in [0.2, 0.25) is 0 Å². The first-order valence-electron chi connectivity index (χ1n) is 6.51. The van der Waals surface area contributed by atoms with Crippen LogP contribution in [0.5, 0.6) is 0 Å². The fourth-order valence-corrected chi connectivity index (χ4v) is 2.42. The zero-order chi connectivity index (χ0) is 13.8. The number of carboxylic acid groups (broad SMARTS) is 1. The number of pyridine rings is 1. The highest BCUT2D eigenvalue weighted by atomic mass is 16.4. The van der Waals surface area contributed by atoms with Crippen LogP contribution in [-0.2, 0) is 0 Å². The number of aromatic nitrogens is 1. The van der Waals surface area contributed by atoms with Crippen molar-refractivity contribution >= 4 is 17.5 Å². The maximum Gasteiger partial charge on any atom is 0.337 e. The van der Waals surface area contributed by atoms with Crippen molar-refractivity contribution in [3.63, 3.8) is 0 Å². The molecule has 1 saturated heterocycles. The number of aromatic carboxylic acids is 1. The Bertz CT molecular complexity index is 464. The third-order valence-corrected chi connectivity index (χ3v) is 3.65. The number of nitrogen functional groups attached to an aromatic ring is 1. The van der Waals surface area contributed by atoms with Crippen molar-refractivity contribution in [3.05, 3.63) is 17.8 Å². The van der Waals surface area contributed by atoms with Crippen molar-refractivity contribution in [2.45, 2.75) is 25.3 Å². The number of nitrogens with zero attached hydrogens (tertiary/aromatic N) is 2. The third kappa shape index (κ3) is 3.14. The van der Waals surface area contributed by atoms with Crippen molar-refractivity contribution < 1.29 is 9.90 Å². The molecule has 19 heavy (non-hydrogen) atoms. The van der Waals surface area contributed by atoms with E-state index in [4.69, 9.17) is 10.8 Å². The highest BCUT2D eigenvalue weighted by Crippen LogP contribution is 2.21. The average Bonchev–Trinajstić information content (AvgIpc) is 2.39. The summed E-state index contributed by atoms with van der Waals surface area (Å²) in [6.07, 6.45) is 5.07. The van der Waals surface area contributed by atoms with Gasteiger partial charge in [-0.15, -0.1) is 0 Å². The fraction of sp³-hybridized carbons (Fsp3) is 0.538. The van der Waals surface area contributed by atoms with E-state index in [0.717, 1.165) is 19.5 Å². The molecule has 0 amide bonds. The lowest BCUT2D eigenvalue weighted by Gasteiger charge is -2.32. The number of nitrogens with two attached hydrogens (primary N) is 1. The molecule has 1 aliphatic heterocycles. The van der Waals surface area contributed by atoms with E-state index in [2.05, 4.69) is 22.2 Å². The Labute approximate surface area is 112 Å². The minimum atomic E-state index is -1.03. The van der Waals surface area contributed by atoms with Crippen LogP contribution in [0.1, 0.15) is 29.6 Å². The van der Waals surface area contributed by atoms with Crippen LogP contribution in [0, 0.1) is 0 Å². The molecule has 2 heterocycles. The number of hydrogen-bond acceptors (Lipinski definition) is 5. The molecular formula is C13H20N4O2. The van der Waals surface area contributed by atoms with E-state index in [1.165, 1.54) is 25.1 Å². The van der Waals surface area contributed by atoms with Gasteiger partial charge in [0.05, 0.1) is 11.3 Å². The van der Waals surface area contributed by atoms with E-state index in [-0.39, 0.29) is 11.3 Å². The summed E-state index contributed by atoms with van der Waals surface area (Å²) >= 11 is 0. The van der Waals surface area contributed by atoms with E-state index in [0.29, 0.717) is 11.9 Å². The Balaban J connectivity index is 2.03. The second-order valence-electron chi connectivity index (χ2n) is 4.94. The van der Waals surface area contributed by atoms with Crippen LogP contribution in [0.25, 0.3) is 0 Å². The van der Waals surface area contributed by atoms with Gasteiger partial charge in [-0.25, -0.2) is 9.78 Å². The van der Waals surface area contributed by atoms with Crippen LogP contribution >= 0.6 is 0 Å². The molecule has 4 N–H and O–H groups in total. The molecule has 0 aliphatic carbocycles. The van der Waals surface area contributed by atoms with Crippen molar-refractivity contribution in [3.8, 4) is 0 Å². The largest absolute Gasteiger partial charge is 0.478 e. The maximum absolute atomic E-state index is 11.0. The van der Waals surface area contributed by atoms with Gasteiger partial charge in [0.15, 0.2) is 0 Å². The first-order chi connectivity index (χ1) is 9.09. The number of nitrogens with one attached hydrogen (secondary N) is 1. The summed E-state index contributed by atoms with van der Waals surface area (Å²) in [5.41, 5.74) is 6.11. The minimum absolute atomic E-state index is 0.0921. The second kappa shape index (κ2) is 5.88. The fourth-order valence-electron chi connectivity index (χ4n) is 2.42. The van der Waals surface area contributed by atoms with E-state index >= 15 is 0 Å². The van der Waals surface area contributed by atoms with E-state index in [1.54, 1.807) is 0 Å². The smallest absolute Gasteiger partial charge is 0.337 e. The van der Waals surface area contributed by atoms with Crippen LogP contribution < -0.4 is 11.1 Å². The summed E-state index contributed by atoms with van der Waals surface area (Å²) in [5.74, 6) is -0.573. The van der Waals surface area contributed by atoms with Crippen molar-refractivity contribution in [1.29, 1.82) is 0 Å². The summed E-state index contributed by atoms with van der Waals surface area (Å²) in [4.78, 5) is 17.4. The van der Waals surface area contributed by atoms with Gasteiger partial charge in [0.25, 0.3) is 0 Å². The number of rotatable bonds is 4. The Morgan fingerprint density at radius 2 is 2.42 bits per heavy atom. The summed E-state index contributed by atoms with van der Waals surface area (Å²) in [6.45, 7) is 1.83. The van der Waals surface area contributed by atoms with E-state index in [9.17, 15) is 4.79 Å². The van der Waals surface area contributed by atoms with Gasteiger partial charge in [0.2, 0.25) is 0 Å². The Morgan fingerprint density at radius 3 is 3.11 bits per heavy atom. The normalized spacial score (nSPS) is 20.2. The lowest BCUT2D eigenvalue weighted by atomic mass is 10.0. The lowest BCUT2D eigenvalue weighted by Crippen LogP contribution is -2.41. The predicted molar refractivity (Wildman–Crippen MR) is 74.4 cm³/mol. The summed E-state index contributed by atoms with van der Waals surface area (Å²) in [7, 11) is 2.11. The molecule has 0 saturated carbocycles. The maximum atomic E-state index is 11.0. The van der Waals surface area contributed by atoms with Gasteiger partial charge < -0.3 is 21.1 Å². The monoisotopic (exact) mass is 264 g/mol. The molecule has 1 aromatic rings. The number of carbonyl (C=O) groups is 1. The SMILES string of the molecule is CN1CCCCC1CNc1nccc(C(=O)O)c1N. The van der Waals surface area contributed by atoms with E-state index < -0.39 is 5.97 Å². The number of hydrogen-bond donors (Lipinski definition) is 3. The van der Waals surface area contributed by atoms with E-state index in [1.807, 2.05) is 0 Å². The molecule has 1 unspecified atom stereocenters. The third-order valence-electron chi connectivity index (χ3n) is 3.65. The number of piperidine rings is 1. The summed E-state index contributed by atoms with van der Waals surface area (Å²) < 4.78 is 0. The molecule has 6 heteroatoms. The quantitative estimate of drug-likeness (QED) is 0.758. The van der Waals surface area contributed by atoms with Crippen LogP contribution in [-0.4, -0.2) is 47.1 Å². The van der Waals surface area contributed by atoms with Crippen molar-refractivity contribution in [2.75, 3.05) is 31.2 Å². The first kappa shape index (κ1) is 13.6. The van der Waals surface area contributed by atoms with Crippen LogP contribution in [0.4, 0.5) is 11.5 Å². The molecule has 0 radical (unpaired) electrons. The van der Waals surface area contributed by atoms with Gasteiger partial charge in [-0.2, -0.15) is 0 Å². The van der Waals surface area contributed by atoms with Gasteiger partial charge in [-0.3, -0.25) is 0 Å². The molecule has 6 nitrogen and oxygen atoms in total. The summed E-state index contributed by atoms with van der Waals surface area (Å²) in [6, 6.07) is 1.86. The van der Waals surface area contributed by atoms with Gasteiger partial charge in [-0.1, -0.05) is 6.42 Å². The second-order valence-corrected chi connectivity index (χ2v) is 4.94. The molecule has 1 aromatic heterocycles. The average molecular weight is 264 g/mol. The highest BCUT2D eigenvalue weighted by molar-refractivity contribution is 5.96. The molecule has 104 valence electrons. The Hall–Kier alpha value is -1.82. The predicted octanol–water partition coefficient (Wildman–Crippen LogP) is 1.26. The topological polar surface area (TPSA) is 91.5 Å². The standard InChI is InChI=1S/C13H20N4O2/c1-17-7-3-2-4-9(17)8-16-12-11(14)10(13(18)19)5-6-15-12/h5-6,9H,2-4,7-8,14H2,1H3,(H,15,16)(H,18,19). The van der Waals surface area contributed by atoms with Crippen molar-refractivity contribution in [1.82, 2.24) is 9.88 Å². The van der Waals surface area contributed by atoms with Crippen molar-refractivity contribution in [2.24, 2.45) is 0 Å². The highest BCUT2D eigenvalue weighted by Gasteiger charge is 2.19. The Morgan fingerprint density at radius 1 is 1.63 bits per heavy atom. The molecular weight excluding hydrogens is 244 g/mol. The molecule has 1 fully saturated rings. The molecule has 1 atom stereocenters. The molecule has 0 bridgehead atoms.